The highest BCUT2D eigenvalue weighted by Gasteiger charge is 2.12. The van der Waals surface area contributed by atoms with Gasteiger partial charge < -0.3 is 9.47 Å². The molecule has 5 heteroatoms. The molecule has 0 aliphatic carbocycles. The molecule has 0 radical (unpaired) electrons. The van der Waals surface area contributed by atoms with E-state index in [9.17, 15) is 4.79 Å². The Morgan fingerprint density at radius 3 is 2.66 bits per heavy atom. The van der Waals surface area contributed by atoms with E-state index in [4.69, 9.17) is 9.47 Å². The number of benzene rings is 3. The zero-order chi connectivity index (χ0) is 20.8. The molecule has 0 spiro atoms. The summed E-state index contributed by atoms with van der Waals surface area (Å²) in [5.74, 6) is 1.11. The quantitative estimate of drug-likeness (QED) is 0.451. The van der Waals surface area contributed by atoms with Crippen molar-refractivity contribution in [2.75, 3.05) is 6.61 Å². The van der Waals surface area contributed by atoms with Gasteiger partial charge in [0.1, 0.15) is 0 Å². The van der Waals surface area contributed by atoms with E-state index in [0.29, 0.717) is 23.7 Å². The van der Waals surface area contributed by atoms with Gasteiger partial charge in [0.25, 0.3) is 5.91 Å². The Kier molecular flexibility index (Phi) is 6.50. The number of nitrogens with one attached hydrogen (secondary N) is 1. The zero-order valence-corrected chi connectivity index (χ0v) is 17.2. The molecule has 1 amide bonds. The van der Waals surface area contributed by atoms with Crippen LogP contribution in [0.2, 0.25) is 0 Å². The summed E-state index contributed by atoms with van der Waals surface area (Å²) in [6.45, 7) is 8.32. The van der Waals surface area contributed by atoms with Gasteiger partial charge in [-0.1, -0.05) is 36.4 Å². The summed E-state index contributed by atoms with van der Waals surface area (Å²) in [4.78, 5) is 12.7. The highest BCUT2D eigenvalue weighted by atomic mass is 16.5. The Morgan fingerprint density at radius 2 is 1.90 bits per heavy atom. The number of ether oxygens (including phenoxy) is 2. The first kappa shape index (κ1) is 20.4. The molecule has 0 saturated carbocycles. The average Bonchev–Trinajstić information content (AvgIpc) is 2.69. The van der Waals surface area contributed by atoms with Gasteiger partial charge in [0.05, 0.1) is 24.5 Å². The lowest BCUT2D eigenvalue weighted by Crippen LogP contribution is -2.19. The minimum atomic E-state index is -0.236. The fourth-order valence-electron chi connectivity index (χ4n) is 3.13. The van der Waals surface area contributed by atoms with Crippen molar-refractivity contribution in [3.63, 3.8) is 0 Å². The summed E-state index contributed by atoms with van der Waals surface area (Å²) in [5, 5.41) is 6.07. The number of nitrogens with zero attached hydrogens (tertiary/aromatic N) is 1. The number of fused-ring (bicyclic) bond motifs is 1. The Morgan fingerprint density at radius 1 is 1.10 bits per heavy atom. The van der Waals surface area contributed by atoms with Crippen molar-refractivity contribution in [2.24, 2.45) is 5.10 Å². The predicted octanol–water partition coefficient (Wildman–Crippen LogP) is 5.10. The number of hydrogen-bond acceptors (Lipinski definition) is 4. The lowest BCUT2D eigenvalue weighted by Gasteiger charge is -2.14. The van der Waals surface area contributed by atoms with Crippen LogP contribution in [0.25, 0.3) is 10.8 Å². The van der Waals surface area contributed by atoms with E-state index in [1.807, 2.05) is 82.3 Å². The minimum absolute atomic E-state index is 0.0527. The van der Waals surface area contributed by atoms with Crippen molar-refractivity contribution in [1.82, 2.24) is 5.43 Å². The van der Waals surface area contributed by atoms with Gasteiger partial charge in [-0.3, -0.25) is 4.79 Å². The number of hydrazone groups is 1. The van der Waals surface area contributed by atoms with Gasteiger partial charge in [0.15, 0.2) is 11.5 Å². The average molecular weight is 390 g/mol. The smallest absolute Gasteiger partial charge is 0.272 e. The Balaban J connectivity index is 1.79. The SMILES string of the molecule is CCOc1cc(/C=N\NC(=O)c2c(C)ccc3ccccc23)ccc1OC(C)C. The van der Waals surface area contributed by atoms with Gasteiger partial charge in [-0.05, 0) is 67.8 Å². The standard InChI is InChI=1S/C24H26N2O3/c1-5-28-22-14-18(11-13-21(22)29-16(2)3)15-25-26-24(27)23-17(4)10-12-19-8-6-7-9-20(19)23/h6-16H,5H2,1-4H3,(H,26,27)/b25-15-. The molecular weight excluding hydrogens is 364 g/mol. The molecule has 0 aromatic heterocycles. The second kappa shape index (κ2) is 9.24. The zero-order valence-electron chi connectivity index (χ0n) is 17.2. The molecule has 3 aromatic rings. The van der Waals surface area contributed by atoms with Crippen molar-refractivity contribution in [3.8, 4) is 11.5 Å². The summed E-state index contributed by atoms with van der Waals surface area (Å²) < 4.78 is 11.4. The molecule has 150 valence electrons. The fraction of sp³-hybridized carbons (Fsp3) is 0.250. The second-order valence-electron chi connectivity index (χ2n) is 6.98. The van der Waals surface area contributed by atoms with E-state index in [1.54, 1.807) is 6.21 Å². The Hall–Kier alpha value is -3.34. The first-order valence-corrected chi connectivity index (χ1v) is 9.75. The van der Waals surface area contributed by atoms with Crippen LogP contribution < -0.4 is 14.9 Å². The molecule has 0 saturated heterocycles. The van der Waals surface area contributed by atoms with Gasteiger partial charge >= 0.3 is 0 Å². The van der Waals surface area contributed by atoms with Gasteiger partial charge in [0, 0.05) is 0 Å². The maximum Gasteiger partial charge on any atom is 0.272 e. The van der Waals surface area contributed by atoms with Crippen LogP contribution in [0.4, 0.5) is 0 Å². The van der Waals surface area contributed by atoms with Crippen LogP contribution in [0, 0.1) is 6.92 Å². The minimum Gasteiger partial charge on any atom is -0.490 e. The van der Waals surface area contributed by atoms with E-state index in [-0.39, 0.29) is 12.0 Å². The van der Waals surface area contributed by atoms with E-state index in [2.05, 4.69) is 10.5 Å². The maximum absolute atomic E-state index is 12.7. The van der Waals surface area contributed by atoms with Crippen molar-refractivity contribution in [3.05, 3.63) is 71.3 Å². The molecule has 3 aromatic carbocycles. The van der Waals surface area contributed by atoms with Crippen LogP contribution in [0.1, 0.15) is 42.3 Å². The highest BCUT2D eigenvalue weighted by molar-refractivity contribution is 6.08. The second-order valence-corrected chi connectivity index (χ2v) is 6.98. The van der Waals surface area contributed by atoms with E-state index in [1.165, 1.54) is 0 Å². The lowest BCUT2D eigenvalue weighted by atomic mass is 9.99. The summed E-state index contributed by atoms with van der Waals surface area (Å²) >= 11 is 0. The summed E-state index contributed by atoms with van der Waals surface area (Å²) in [6, 6.07) is 17.4. The Labute approximate surface area is 171 Å². The third-order valence-corrected chi connectivity index (χ3v) is 4.37. The first-order chi connectivity index (χ1) is 14.0. The van der Waals surface area contributed by atoms with E-state index >= 15 is 0 Å². The molecule has 0 unspecified atom stereocenters. The van der Waals surface area contributed by atoms with Crippen LogP contribution in [-0.4, -0.2) is 24.8 Å². The molecule has 0 aliphatic heterocycles. The molecule has 0 aliphatic rings. The monoisotopic (exact) mass is 390 g/mol. The lowest BCUT2D eigenvalue weighted by molar-refractivity contribution is 0.0956. The van der Waals surface area contributed by atoms with Crippen molar-refractivity contribution >= 4 is 22.9 Å². The molecule has 0 atom stereocenters. The van der Waals surface area contributed by atoms with Crippen LogP contribution in [-0.2, 0) is 0 Å². The molecule has 1 N–H and O–H groups in total. The molecule has 5 nitrogen and oxygen atoms in total. The largest absolute Gasteiger partial charge is 0.490 e. The molecule has 3 rings (SSSR count). The highest BCUT2D eigenvalue weighted by Crippen LogP contribution is 2.29. The third-order valence-electron chi connectivity index (χ3n) is 4.37. The van der Waals surface area contributed by atoms with E-state index in [0.717, 1.165) is 21.9 Å². The number of hydrogen-bond donors (Lipinski definition) is 1. The van der Waals surface area contributed by atoms with Gasteiger partial charge in [-0.15, -0.1) is 0 Å². The van der Waals surface area contributed by atoms with Crippen LogP contribution in [0.15, 0.2) is 59.7 Å². The van der Waals surface area contributed by atoms with Crippen molar-refractivity contribution < 1.29 is 14.3 Å². The number of amides is 1. The van der Waals surface area contributed by atoms with Crippen LogP contribution in [0.3, 0.4) is 0 Å². The van der Waals surface area contributed by atoms with Crippen molar-refractivity contribution in [1.29, 1.82) is 0 Å². The third kappa shape index (κ3) is 4.93. The van der Waals surface area contributed by atoms with Crippen LogP contribution >= 0.6 is 0 Å². The topological polar surface area (TPSA) is 59.9 Å². The van der Waals surface area contributed by atoms with Gasteiger partial charge in [-0.25, -0.2) is 5.43 Å². The summed E-state index contributed by atoms with van der Waals surface area (Å²) in [5.41, 5.74) is 4.98. The number of carbonyl (C=O) groups excluding carboxylic acids is 1. The van der Waals surface area contributed by atoms with Gasteiger partial charge in [-0.2, -0.15) is 5.10 Å². The molecule has 0 fully saturated rings. The van der Waals surface area contributed by atoms with Crippen LogP contribution in [0.5, 0.6) is 11.5 Å². The molecular formula is C24H26N2O3. The Bertz CT molecular complexity index is 1040. The summed E-state index contributed by atoms with van der Waals surface area (Å²) in [7, 11) is 0. The molecule has 0 bridgehead atoms. The fourth-order valence-corrected chi connectivity index (χ4v) is 3.13. The van der Waals surface area contributed by atoms with Gasteiger partial charge in [0.2, 0.25) is 0 Å². The number of rotatable bonds is 7. The number of carbonyl (C=O) groups is 1. The maximum atomic E-state index is 12.7. The number of aryl methyl sites for hydroxylation is 1. The summed E-state index contributed by atoms with van der Waals surface area (Å²) in [6.07, 6.45) is 1.65. The molecule has 0 heterocycles. The van der Waals surface area contributed by atoms with E-state index < -0.39 is 0 Å². The van der Waals surface area contributed by atoms with Crippen molar-refractivity contribution in [2.45, 2.75) is 33.8 Å². The normalized spacial score (nSPS) is 11.2. The predicted molar refractivity (Wildman–Crippen MR) is 117 cm³/mol. The molecule has 29 heavy (non-hydrogen) atoms. The first-order valence-electron chi connectivity index (χ1n) is 9.75.